The van der Waals surface area contributed by atoms with Crippen molar-refractivity contribution in [3.8, 4) is 0 Å². The number of amides is 1. The Morgan fingerprint density at radius 1 is 1.08 bits per heavy atom. The number of hydrogen-bond donors (Lipinski definition) is 0. The Labute approximate surface area is 153 Å². The molecule has 0 radical (unpaired) electrons. The molecule has 0 atom stereocenters. The number of ether oxygens (including phenoxy) is 1. The van der Waals surface area contributed by atoms with E-state index >= 15 is 0 Å². The third-order valence-corrected chi connectivity index (χ3v) is 4.75. The lowest BCUT2D eigenvalue weighted by Gasteiger charge is -2.36. The SMILES string of the molecule is CC(C)C(=O)N1CCC(OC2CCN(C)CC2)CC1.CC/C=C/C=O. The maximum Gasteiger partial charge on any atom is 0.225 e. The number of hydrogen-bond acceptors (Lipinski definition) is 4. The summed E-state index contributed by atoms with van der Waals surface area (Å²) in [5, 5.41) is 0. The van der Waals surface area contributed by atoms with E-state index in [9.17, 15) is 9.59 Å². The first-order valence-corrected chi connectivity index (χ1v) is 9.71. The van der Waals surface area contributed by atoms with Crippen LogP contribution in [0.4, 0.5) is 0 Å². The number of allylic oxidation sites excluding steroid dienone is 2. The lowest BCUT2D eigenvalue weighted by molar-refractivity contribution is -0.138. The Hall–Kier alpha value is -1.20. The Balaban J connectivity index is 0.000000450. The molecule has 25 heavy (non-hydrogen) atoms. The van der Waals surface area contributed by atoms with Crippen LogP contribution in [0.3, 0.4) is 0 Å². The molecule has 0 aromatic rings. The van der Waals surface area contributed by atoms with Crippen LogP contribution in [0.15, 0.2) is 12.2 Å². The highest BCUT2D eigenvalue weighted by Crippen LogP contribution is 2.21. The molecule has 5 heteroatoms. The minimum absolute atomic E-state index is 0.117. The van der Waals surface area contributed by atoms with E-state index < -0.39 is 0 Å². The molecule has 2 aliphatic heterocycles. The molecule has 144 valence electrons. The minimum atomic E-state index is 0.117. The number of carbonyl (C=O) groups is 2. The van der Waals surface area contributed by atoms with Crippen molar-refractivity contribution in [2.75, 3.05) is 33.2 Å². The lowest BCUT2D eigenvalue weighted by atomic mass is 10.0. The normalized spacial score (nSPS) is 20.6. The molecule has 2 aliphatic rings. The largest absolute Gasteiger partial charge is 0.375 e. The molecule has 2 rings (SSSR count). The molecule has 0 spiro atoms. The molecular weight excluding hydrogens is 316 g/mol. The van der Waals surface area contributed by atoms with Crippen LogP contribution >= 0.6 is 0 Å². The maximum absolute atomic E-state index is 11.9. The highest BCUT2D eigenvalue weighted by atomic mass is 16.5. The molecule has 0 bridgehead atoms. The van der Waals surface area contributed by atoms with Crippen LogP contribution in [0.2, 0.25) is 0 Å². The van der Waals surface area contributed by atoms with Crippen LogP contribution in [-0.4, -0.2) is 67.4 Å². The van der Waals surface area contributed by atoms with E-state index in [-0.39, 0.29) is 11.8 Å². The fourth-order valence-electron chi connectivity index (χ4n) is 3.16. The van der Waals surface area contributed by atoms with Crippen LogP contribution < -0.4 is 0 Å². The van der Waals surface area contributed by atoms with Gasteiger partial charge in [0.25, 0.3) is 0 Å². The standard InChI is InChI=1S/C15H28N2O2.C5H8O/c1-12(2)15(18)17-10-6-14(7-11-17)19-13-4-8-16(3)9-5-13;1-2-3-4-5-6/h12-14H,4-11H2,1-3H3;3-5H,2H2,1H3/b;4-3+. The minimum Gasteiger partial charge on any atom is -0.375 e. The number of piperidine rings is 2. The second-order valence-electron chi connectivity index (χ2n) is 7.29. The van der Waals surface area contributed by atoms with E-state index in [0.29, 0.717) is 12.2 Å². The van der Waals surface area contributed by atoms with Crippen molar-refractivity contribution in [3.63, 3.8) is 0 Å². The van der Waals surface area contributed by atoms with Crippen molar-refractivity contribution in [2.24, 2.45) is 5.92 Å². The van der Waals surface area contributed by atoms with Gasteiger partial charge >= 0.3 is 0 Å². The Morgan fingerprint density at radius 2 is 1.60 bits per heavy atom. The van der Waals surface area contributed by atoms with Crippen LogP contribution in [0, 0.1) is 5.92 Å². The first-order chi connectivity index (χ1) is 12.0. The van der Waals surface area contributed by atoms with Gasteiger partial charge in [0.05, 0.1) is 12.2 Å². The lowest BCUT2D eigenvalue weighted by Crippen LogP contribution is -2.44. The van der Waals surface area contributed by atoms with E-state index in [1.54, 1.807) is 0 Å². The fraction of sp³-hybridized carbons (Fsp3) is 0.800. The maximum atomic E-state index is 11.9. The summed E-state index contributed by atoms with van der Waals surface area (Å²) < 4.78 is 6.20. The van der Waals surface area contributed by atoms with Gasteiger partial charge in [0.2, 0.25) is 5.91 Å². The zero-order chi connectivity index (χ0) is 18.7. The predicted octanol–water partition coefficient (Wildman–Crippen LogP) is 2.90. The number of aldehydes is 1. The van der Waals surface area contributed by atoms with Crippen LogP contribution in [0.1, 0.15) is 52.9 Å². The molecule has 2 saturated heterocycles. The molecule has 2 heterocycles. The molecule has 5 nitrogen and oxygen atoms in total. The second kappa shape index (κ2) is 12.2. The summed E-state index contributed by atoms with van der Waals surface area (Å²) in [6.07, 6.45) is 10.2. The molecule has 0 aromatic heterocycles. The van der Waals surface area contributed by atoms with E-state index in [1.807, 2.05) is 31.7 Å². The second-order valence-corrected chi connectivity index (χ2v) is 7.29. The summed E-state index contributed by atoms with van der Waals surface area (Å²) in [5.41, 5.74) is 0. The van der Waals surface area contributed by atoms with Gasteiger partial charge in [-0.25, -0.2) is 0 Å². The first-order valence-electron chi connectivity index (χ1n) is 9.71. The Bertz CT molecular complexity index is 407. The van der Waals surface area contributed by atoms with E-state index in [2.05, 4.69) is 11.9 Å². The molecular formula is C20H36N2O3. The van der Waals surface area contributed by atoms with Crippen molar-refractivity contribution in [1.82, 2.24) is 9.80 Å². The summed E-state index contributed by atoms with van der Waals surface area (Å²) >= 11 is 0. The molecule has 1 amide bonds. The number of rotatable bonds is 5. The van der Waals surface area contributed by atoms with Crippen molar-refractivity contribution < 1.29 is 14.3 Å². The van der Waals surface area contributed by atoms with Gasteiger partial charge in [0, 0.05) is 32.1 Å². The van der Waals surface area contributed by atoms with Crippen LogP contribution in [0.5, 0.6) is 0 Å². The quantitative estimate of drug-likeness (QED) is 0.564. The van der Waals surface area contributed by atoms with E-state index in [1.165, 1.54) is 6.08 Å². The summed E-state index contributed by atoms with van der Waals surface area (Å²) in [7, 11) is 2.17. The average Bonchev–Trinajstić information content (AvgIpc) is 2.62. The molecule has 0 unspecified atom stereocenters. The average molecular weight is 353 g/mol. The van der Waals surface area contributed by atoms with Gasteiger partial charge in [-0.1, -0.05) is 26.8 Å². The monoisotopic (exact) mass is 352 g/mol. The predicted molar refractivity (Wildman–Crippen MR) is 102 cm³/mol. The van der Waals surface area contributed by atoms with Crippen molar-refractivity contribution in [2.45, 2.75) is 65.1 Å². The van der Waals surface area contributed by atoms with Gasteiger partial charge in [-0.2, -0.15) is 0 Å². The van der Waals surface area contributed by atoms with Gasteiger partial charge in [-0.05, 0) is 45.2 Å². The third-order valence-electron chi connectivity index (χ3n) is 4.75. The number of likely N-dealkylation sites (tertiary alicyclic amines) is 2. The highest BCUT2D eigenvalue weighted by Gasteiger charge is 2.27. The van der Waals surface area contributed by atoms with Crippen LogP contribution in [0.25, 0.3) is 0 Å². The van der Waals surface area contributed by atoms with E-state index in [4.69, 9.17) is 4.74 Å². The Morgan fingerprint density at radius 3 is 2.00 bits per heavy atom. The fourth-order valence-corrected chi connectivity index (χ4v) is 3.16. The van der Waals surface area contributed by atoms with Crippen molar-refractivity contribution in [1.29, 1.82) is 0 Å². The highest BCUT2D eigenvalue weighted by molar-refractivity contribution is 5.78. The van der Waals surface area contributed by atoms with Gasteiger partial charge < -0.3 is 14.5 Å². The van der Waals surface area contributed by atoms with Gasteiger partial charge in [-0.3, -0.25) is 9.59 Å². The van der Waals surface area contributed by atoms with Crippen molar-refractivity contribution >= 4 is 12.2 Å². The van der Waals surface area contributed by atoms with Crippen molar-refractivity contribution in [3.05, 3.63) is 12.2 Å². The number of nitrogens with zero attached hydrogens (tertiary/aromatic N) is 2. The number of carbonyl (C=O) groups excluding carboxylic acids is 2. The molecule has 2 fully saturated rings. The van der Waals surface area contributed by atoms with Gasteiger partial charge in [0.15, 0.2) is 0 Å². The van der Waals surface area contributed by atoms with E-state index in [0.717, 1.165) is 64.6 Å². The Kier molecular flexibility index (Phi) is 10.7. The summed E-state index contributed by atoms with van der Waals surface area (Å²) in [6.45, 7) is 9.97. The third kappa shape index (κ3) is 8.63. The molecule has 0 saturated carbocycles. The summed E-state index contributed by atoms with van der Waals surface area (Å²) in [6, 6.07) is 0. The van der Waals surface area contributed by atoms with Gasteiger partial charge in [0.1, 0.15) is 6.29 Å². The smallest absolute Gasteiger partial charge is 0.225 e. The molecule has 0 aliphatic carbocycles. The summed E-state index contributed by atoms with van der Waals surface area (Å²) in [5.74, 6) is 0.407. The zero-order valence-electron chi connectivity index (χ0n) is 16.4. The molecule has 0 aromatic carbocycles. The van der Waals surface area contributed by atoms with Gasteiger partial charge in [-0.15, -0.1) is 0 Å². The summed E-state index contributed by atoms with van der Waals surface area (Å²) in [4.78, 5) is 25.8. The molecule has 0 N–H and O–H groups in total. The zero-order valence-corrected chi connectivity index (χ0v) is 16.4. The first kappa shape index (κ1) is 21.8. The topological polar surface area (TPSA) is 49.9 Å². The van der Waals surface area contributed by atoms with Crippen LogP contribution in [-0.2, 0) is 14.3 Å².